The van der Waals surface area contributed by atoms with Gasteiger partial charge in [0.1, 0.15) is 34.0 Å². The van der Waals surface area contributed by atoms with Crippen LogP contribution in [-0.4, -0.2) is 27.6 Å². The third-order valence-electron chi connectivity index (χ3n) is 3.03. The highest BCUT2D eigenvalue weighted by Crippen LogP contribution is 2.33. The molecule has 0 aliphatic carbocycles. The first kappa shape index (κ1) is 20.4. The summed E-state index contributed by atoms with van der Waals surface area (Å²) in [4.78, 5) is 10.7. The molecule has 0 spiro atoms. The summed E-state index contributed by atoms with van der Waals surface area (Å²) < 4.78 is 68.5. The molecule has 1 atom stereocenters. The molecule has 0 saturated carbocycles. The Hall–Kier alpha value is -1.94. The molecule has 0 amide bonds. The van der Waals surface area contributed by atoms with E-state index in [9.17, 15) is 22.0 Å². The number of pyridine rings is 1. The van der Waals surface area contributed by atoms with Crippen LogP contribution >= 0.6 is 23.2 Å². The zero-order valence-electron chi connectivity index (χ0n) is 13.0. The third-order valence-corrected chi connectivity index (χ3v) is 3.67. The molecule has 26 heavy (non-hydrogen) atoms. The van der Waals surface area contributed by atoms with Gasteiger partial charge in [0.05, 0.1) is 12.1 Å². The van der Waals surface area contributed by atoms with Gasteiger partial charge in [-0.3, -0.25) is 0 Å². The van der Waals surface area contributed by atoms with Crippen LogP contribution < -0.4 is 10.1 Å². The summed E-state index contributed by atoms with van der Waals surface area (Å²) in [5.41, 5.74) is -1.63. The van der Waals surface area contributed by atoms with Crippen molar-refractivity contribution >= 4 is 29.0 Å². The second-order valence-electron chi connectivity index (χ2n) is 5.04. The van der Waals surface area contributed by atoms with Gasteiger partial charge in [-0.15, -0.1) is 0 Å². The van der Waals surface area contributed by atoms with Gasteiger partial charge in [0.2, 0.25) is 5.88 Å². The van der Waals surface area contributed by atoms with E-state index >= 15 is 0 Å². The minimum atomic E-state index is -4.57. The molecule has 5 nitrogen and oxygen atoms in total. The van der Waals surface area contributed by atoms with Crippen molar-refractivity contribution in [2.24, 2.45) is 0 Å². The molecule has 0 aliphatic rings. The Balaban J connectivity index is 2.02. The zero-order valence-corrected chi connectivity index (χ0v) is 14.5. The van der Waals surface area contributed by atoms with E-state index in [4.69, 9.17) is 27.9 Å². The molecule has 142 valence electrons. The van der Waals surface area contributed by atoms with Crippen LogP contribution in [0.5, 0.6) is 5.88 Å². The quantitative estimate of drug-likeness (QED) is 0.670. The number of anilines is 1. The predicted octanol–water partition coefficient (Wildman–Crippen LogP) is 5.01. The summed E-state index contributed by atoms with van der Waals surface area (Å²) in [6.45, 7) is 1.60. The Labute approximate surface area is 154 Å². The molecule has 0 radical (unpaired) electrons. The summed E-state index contributed by atoms with van der Waals surface area (Å²) in [5, 5.41) is 2.04. The van der Waals surface area contributed by atoms with Crippen molar-refractivity contribution in [1.82, 2.24) is 15.0 Å². The standard InChI is InChI=1S/C14H11Cl2F5N4O/c1-6(3-22-12-9(16)10(11(17)18)24-5-25-12)26-13-8(15)2-7(4-23-13)14(19,20)21/h2,4-6,11H,3H2,1H3,(H,22,24,25). The van der Waals surface area contributed by atoms with Crippen molar-refractivity contribution in [3.05, 3.63) is 39.9 Å². The first-order valence-corrected chi connectivity index (χ1v) is 7.77. The van der Waals surface area contributed by atoms with E-state index in [1.807, 2.05) is 0 Å². The van der Waals surface area contributed by atoms with Crippen LogP contribution in [0.4, 0.5) is 27.8 Å². The van der Waals surface area contributed by atoms with Gasteiger partial charge in [-0.05, 0) is 13.0 Å². The molecule has 0 aromatic carbocycles. The molecule has 1 unspecified atom stereocenters. The Kier molecular flexibility index (Phi) is 6.40. The van der Waals surface area contributed by atoms with Gasteiger partial charge in [0.15, 0.2) is 0 Å². The van der Waals surface area contributed by atoms with Crippen LogP contribution in [0.15, 0.2) is 18.6 Å². The van der Waals surface area contributed by atoms with E-state index in [2.05, 4.69) is 20.3 Å². The van der Waals surface area contributed by atoms with Crippen LogP contribution in [-0.2, 0) is 6.18 Å². The lowest BCUT2D eigenvalue weighted by Gasteiger charge is -2.17. The maximum Gasteiger partial charge on any atom is 0.417 e. The Morgan fingerprint density at radius 2 is 1.88 bits per heavy atom. The van der Waals surface area contributed by atoms with E-state index in [1.165, 1.54) is 0 Å². The molecule has 2 aromatic rings. The van der Waals surface area contributed by atoms with Crippen LogP contribution in [0.1, 0.15) is 24.6 Å². The highest BCUT2D eigenvalue weighted by molar-refractivity contribution is 6.33. The monoisotopic (exact) mass is 416 g/mol. The molecule has 12 heteroatoms. The summed E-state index contributed by atoms with van der Waals surface area (Å²) in [7, 11) is 0. The summed E-state index contributed by atoms with van der Waals surface area (Å²) in [5.74, 6) is -0.227. The molecular formula is C14H11Cl2F5N4O. The molecular weight excluding hydrogens is 406 g/mol. The van der Waals surface area contributed by atoms with Gasteiger partial charge in [0, 0.05) is 6.20 Å². The van der Waals surface area contributed by atoms with Crippen LogP contribution in [0.2, 0.25) is 10.0 Å². The molecule has 0 saturated heterocycles. The van der Waals surface area contributed by atoms with E-state index in [0.29, 0.717) is 12.3 Å². The van der Waals surface area contributed by atoms with Gasteiger partial charge in [0.25, 0.3) is 6.43 Å². The van der Waals surface area contributed by atoms with Crippen LogP contribution in [0, 0.1) is 0 Å². The second kappa shape index (κ2) is 8.17. The lowest BCUT2D eigenvalue weighted by molar-refractivity contribution is -0.137. The second-order valence-corrected chi connectivity index (χ2v) is 5.83. The van der Waals surface area contributed by atoms with E-state index < -0.39 is 30.0 Å². The molecule has 0 aliphatic heterocycles. The lowest BCUT2D eigenvalue weighted by atomic mass is 10.3. The molecule has 2 aromatic heterocycles. The topological polar surface area (TPSA) is 59.9 Å². The van der Waals surface area contributed by atoms with Crippen molar-refractivity contribution in [3.63, 3.8) is 0 Å². The lowest BCUT2D eigenvalue weighted by Crippen LogP contribution is -2.24. The average molecular weight is 417 g/mol. The molecule has 0 fully saturated rings. The van der Waals surface area contributed by atoms with E-state index in [0.717, 1.165) is 6.33 Å². The normalized spacial score (nSPS) is 13.0. The predicted molar refractivity (Wildman–Crippen MR) is 84.8 cm³/mol. The zero-order chi connectivity index (χ0) is 19.5. The third kappa shape index (κ3) is 5.04. The molecule has 2 rings (SSSR count). The fraction of sp³-hybridized carbons (Fsp3) is 0.357. The molecule has 2 heterocycles. The highest BCUT2D eigenvalue weighted by atomic mass is 35.5. The van der Waals surface area contributed by atoms with Crippen molar-refractivity contribution < 1.29 is 26.7 Å². The fourth-order valence-electron chi connectivity index (χ4n) is 1.80. The Morgan fingerprint density at radius 1 is 1.19 bits per heavy atom. The van der Waals surface area contributed by atoms with Gasteiger partial charge in [-0.2, -0.15) is 13.2 Å². The van der Waals surface area contributed by atoms with Crippen LogP contribution in [0.25, 0.3) is 0 Å². The number of nitrogens with zero attached hydrogens (tertiary/aromatic N) is 3. The summed E-state index contributed by atoms with van der Waals surface area (Å²) >= 11 is 11.5. The van der Waals surface area contributed by atoms with Gasteiger partial charge >= 0.3 is 6.18 Å². The highest BCUT2D eigenvalue weighted by Gasteiger charge is 2.32. The number of rotatable bonds is 6. The van der Waals surface area contributed by atoms with E-state index in [1.54, 1.807) is 6.92 Å². The van der Waals surface area contributed by atoms with Gasteiger partial charge < -0.3 is 10.1 Å². The number of nitrogens with one attached hydrogen (secondary N) is 1. The Morgan fingerprint density at radius 3 is 2.46 bits per heavy atom. The van der Waals surface area contributed by atoms with Crippen molar-refractivity contribution in [2.45, 2.75) is 25.6 Å². The maximum absolute atomic E-state index is 12.7. The summed E-state index contributed by atoms with van der Waals surface area (Å²) in [6, 6.07) is 0.695. The van der Waals surface area contributed by atoms with Crippen molar-refractivity contribution in [3.8, 4) is 5.88 Å². The fourth-order valence-corrected chi connectivity index (χ4v) is 2.26. The van der Waals surface area contributed by atoms with E-state index in [-0.39, 0.29) is 28.3 Å². The number of halogens is 7. The molecule has 1 N–H and O–H groups in total. The number of ether oxygens (including phenoxy) is 1. The van der Waals surface area contributed by atoms with Crippen LogP contribution in [0.3, 0.4) is 0 Å². The minimum Gasteiger partial charge on any atom is -0.472 e. The van der Waals surface area contributed by atoms with Crippen molar-refractivity contribution in [2.75, 3.05) is 11.9 Å². The van der Waals surface area contributed by atoms with Gasteiger partial charge in [-0.25, -0.2) is 23.7 Å². The number of aromatic nitrogens is 3. The van der Waals surface area contributed by atoms with Gasteiger partial charge in [-0.1, -0.05) is 23.2 Å². The SMILES string of the molecule is CC(CNc1ncnc(C(F)F)c1Cl)Oc1ncc(C(F)(F)F)cc1Cl. The average Bonchev–Trinajstić information content (AvgIpc) is 2.54. The maximum atomic E-state index is 12.7. The number of hydrogen-bond acceptors (Lipinski definition) is 5. The number of hydrogen-bond donors (Lipinski definition) is 1. The van der Waals surface area contributed by atoms with Crippen molar-refractivity contribution in [1.29, 1.82) is 0 Å². The summed E-state index contributed by atoms with van der Waals surface area (Å²) in [6.07, 6.45) is -6.56. The molecule has 0 bridgehead atoms. The smallest absolute Gasteiger partial charge is 0.417 e. The largest absolute Gasteiger partial charge is 0.472 e. The first-order chi connectivity index (χ1) is 12.1. The number of alkyl halides is 5. The first-order valence-electron chi connectivity index (χ1n) is 7.01. The Bertz CT molecular complexity index is 775. The minimum absolute atomic E-state index is 0.0288.